The monoisotopic (exact) mass is 217 g/mol. The molecule has 0 amide bonds. The van der Waals surface area contributed by atoms with Gasteiger partial charge in [-0.1, -0.05) is 38.1 Å². The van der Waals surface area contributed by atoms with Gasteiger partial charge in [0, 0.05) is 11.7 Å². The highest BCUT2D eigenvalue weighted by molar-refractivity contribution is 5.55. The highest BCUT2D eigenvalue weighted by Gasteiger charge is 1.94. The number of benzene rings is 1. The minimum Gasteiger partial charge on any atom is -0.383 e. The molecule has 0 radical (unpaired) electrons. The molecule has 0 spiro atoms. The zero-order valence-corrected chi connectivity index (χ0v) is 10.8. The molecule has 1 aromatic rings. The van der Waals surface area contributed by atoms with Crippen LogP contribution in [-0.2, 0) is 0 Å². The topological polar surface area (TPSA) is 12.0 Å². The third-order valence-electron chi connectivity index (χ3n) is 2.28. The van der Waals surface area contributed by atoms with Crippen LogP contribution in [0, 0.1) is 5.92 Å². The summed E-state index contributed by atoms with van der Waals surface area (Å²) in [5, 5.41) is 3.38. The van der Waals surface area contributed by atoms with Gasteiger partial charge in [0.05, 0.1) is 0 Å². The first-order chi connectivity index (χ1) is 7.58. The zero-order chi connectivity index (χ0) is 12.0. The molecule has 88 valence electrons. The van der Waals surface area contributed by atoms with Crippen LogP contribution < -0.4 is 5.32 Å². The van der Waals surface area contributed by atoms with Gasteiger partial charge in [-0.15, -0.1) is 0 Å². The maximum absolute atomic E-state index is 3.38. The Morgan fingerprint density at radius 2 is 1.69 bits per heavy atom. The molecular formula is C15H23N. The molecule has 0 heterocycles. The fourth-order valence-electron chi connectivity index (χ4n) is 1.50. The van der Waals surface area contributed by atoms with Gasteiger partial charge in [0.25, 0.3) is 0 Å². The van der Waals surface area contributed by atoms with Crippen molar-refractivity contribution in [1.29, 1.82) is 0 Å². The first kappa shape index (κ1) is 12.8. The van der Waals surface area contributed by atoms with Gasteiger partial charge in [0.1, 0.15) is 0 Å². The summed E-state index contributed by atoms with van der Waals surface area (Å²) in [7, 11) is 0. The number of hydrogen-bond acceptors (Lipinski definition) is 1. The predicted molar refractivity (Wildman–Crippen MR) is 73.7 cm³/mol. The molecule has 0 aromatic heterocycles. The fourth-order valence-corrected chi connectivity index (χ4v) is 1.50. The molecule has 0 bridgehead atoms. The second kappa shape index (κ2) is 6.37. The zero-order valence-electron chi connectivity index (χ0n) is 10.8. The van der Waals surface area contributed by atoms with E-state index in [9.17, 15) is 0 Å². The smallest absolute Gasteiger partial charge is 0.0342 e. The van der Waals surface area contributed by atoms with E-state index < -0.39 is 0 Å². The Morgan fingerprint density at radius 1 is 1.06 bits per heavy atom. The van der Waals surface area contributed by atoms with Crippen molar-refractivity contribution in [2.24, 2.45) is 5.92 Å². The summed E-state index contributed by atoms with van der Waals surface area (Å²) in [4.78, 5) is 0. The van der Waals surface area contributed by atoms with Gasteiger partial charge >= 0.3 is 0 Å². The molecular weight excluding hydrogens is 194 g/mol. The van der Waals surface area contributed by atoms with E-state index in [-0.39, 0.29) is 0 Å². The van der Waals surface area contributed by atoms with Crippen LogP contribution in [0.3, 0.4) is 0 Å². The molecule has 0 saturated heterocycles. The van der Waals surface area contributed by atoms with Gasteiger partial charge in [-0.25, -0.2) is 0 Å². The van der Waals surface area contributed by atoms with Crippen molar-refractivity contribution in [1.82, 2.24) is 0 Å². The molecule has 1 rings (SSSR count). The minimum absolute atomic E-state index is 0.488. The summed E-state index contributed by atoms with van der Waals surface area (Å²) >= 11 is 0. The summed E-state index contributed by atoms with van der Waals surface area (Å²) in [5.41, 5.74) is 2.46. The molecule has 0 atom stereocenters. The highest BCUT2D eigenvalue weighted by atomic mass is 14.9. The lowest BCUT2D eigenvalue weighted by molar-refractivity contribution is 0.665. The van der Waals surface area contributed by atoms with E-state index in [0.717, 1.165) is 12.3 Å². The van der Waals surface area contributed by atoms with Crippen molar-refractivity contribution in [3.05, 3.63) is 35.9 Å². The lowest BCUT2D eigenvalue weighted by atomic mass is 10.1. The lowest BCUT2D eigenvalue weighted by Gasteiger charge is -2.09. The van der Waals surface area contributed by atoms with Crippen LogP contribution in [0.4, 0.5) is 5.69 Å². The Labute approximate surface area is 99.6 Å². The minimum atomic E-state index is 0.488. The van der Waals surface area contributed by atoms with Crippen LogP contribution in [0.15, 0.2) is 30.3 Å². The van der Waals surface area contributed by atoms with E-state index in [0.29, 0.717) is 6.04 Å². The Bertz CT molecular complexity index is 320. The molecule has 0 unspecified atom stereocenters. The van der Waals surface area contributed by atoms with Gasteiger partial charge < -0.3 is 5.32 Å². The number of rotatable bonds is 5. The molecule has 1 N–H and O–H groups in total. The molecule has 16 heavy (non-hydrogen) atoms. The largest absolute Gasteiger partial charge is 0.383 e. The normalized spacial score (nSPS) is 11.6. The summed E-state index contributed by atoms with van der Waals surface area (Å²) in [6, 6.07) is 9.06. The van der Waals surface area contributed by atoms with Crippen molar-refractivity contribution in [3.63, 3.8) is 0 Å². The summed E-state index contributed by atoms with van der Waals surface area (Å²) in [6.07, 6.45) is 5.58. The maximum Gasteiger partial charge on any atom is 0.0342 e. The second-order valence-corrected chi connectivity index (χ2v) is 4.95. The standard InChI is InChI=1S/C15H23N/c1-12(2)6-5-7-14-8-10-15(11-9-14)16-13(3)4/h5,7-13,16H,6H2,1-4H3/b7-5+. The van der Waals surface area contributed by atoms with E-state index in [1.165, 1.54) is 11.3 Å². The molecule has 0 aliphatic rings. The van der Waals surface area contributed by atoms with Crippen LogP contribution in [0.1, 0.15) is 39.7 Å². The van der Waals surface area contributed by atoms with Crippen LogP contribution in [0.25, 0.3) is 6.08 Å². The van der Waals surface area contributed by atoms with E-state index in [1.807, 2.05) is 0 Å². The van der Waals surface area contributed by atoms with E-state index in [2.05, 4.69) is 69.4 Å². The molecule has 0 saturated carbocycles. The number of hydrogen-bond donors (Lipinski definition) is 1. The molecule has 1 nitrogen and oxygen atoms in total. The van der Waals surface area contributed by atoms with E-state index >= 15 is 0 Å². The highest BCUT2D eigenvalue weighted by Crippen LogP contribution is 2.12. The lowest BCUT2D eigenvalue weighted by Crippen LogP contribution is -2.09. The first-order valence-corrected chi connectivity index (χ1v) is 6.11. The molecule has 0 aliphatic heterocycles. The van der Waals surface area contributed by atoms with Crippen molar-refractivity contribution < 1.29 is 0 Å². The average Bonchev–Trinajstić information content (AvgIpc) is 2.19. The third kappa shape index (κ3) is 5.01. The van der Waals surface area contributed by atoms with Gasteiger partial charge in [-0.3, -0.25) is 0 Å². The third-order valence-corrected chi connectivity index (χ3v) is 2.28. The predicted octanol–water partition coefficient (Wildman–Crippen LogP) is 4.57. The van der Waals surface area contributed by atoms with Gasteiger partial charge in [-0.2, -0.15) is 0 Å². The second-order valence-electron chi connectivity index (χ2n) is 4.95. The molecule has 0 fully saturated rings. The Balaban J connectivity index is 2.54. The SMILES string of the molecule is CC(C)C/C=C/c1ccc(NC(C)C)cc1. The summed E-state index contributed by atoms with van der Waals surface area (Å²) in [6.45, 7) is 8.77. The Morgan fingerprint density at radius 3 is 2.19 bits per heavy atom. The van der Waals surface area contributed by atoms with Crippen molar-refractivity contribution >= 4 is 11.8 Å². The van der Waals surface area contributed by atoms with E-state index in [1.54, 1.807) is 0 Å². The molecule has 1 aromatic carbocycles. The van der Waals surface area contributed by atoms with Crippen molar-refractivity contribution in [3.8, 4) is 0 Å². The van der Waals surface area contributed by atoms with E-state index in [4.69, 9.17) is 0 Å². The molecule has 0 aliphatic carbocycles. The number of anilines is 1. The van der Waals surface area contributed by atoms with Crippen molar-refractivity contribution in [2.45, 2.75) is 40.2 Å². The van der Waals surface area contributed by atoms with Gasteiger partial charge in [-0.05, 0) is 43.9 Å². The quantitative estimate of drug-likeness (QED) is 0.762. The summed E-state index contributed by atoms with van der Waals surface area (Å²) < 4.78 is 0. The maximum atomic E-state index is 3.38. The fraction of sp³-hybridized carbons (Fsp3) is 0.467. The molecule has 1 heteroatoms. The Hall–Kier alpha value is -1.24. The van der Waals surface area contributed by atoms with Gasteiger partial charge in [0.2, 0.25) is 0 Å². The van der Waals surface area contributed by atoms with Crippen LogP contribution in [0.5, 0.6) is 0 Å². The Kier molecular flexibility index (Phi) is 5.10. The van der Waals surface area contributed by atoms with Crippen molar-refractivity contribution in [2.75, 3.05) is 5.32 Å². The van der Waals surface area contributed by atoms with Gasteiger partial charge in [0.15, 0.2) is 0 Å². The van der Waals surface area contributed by atoms with Crippen LogP contribution in [-0.4, -0.2) is 6.04 Å². The average molecular weight is 217 g/mol. The van der Waals surface area contributed by atoms with Crippen LogP contribution in [0.2, 0.25) is 0 Å². The summed E-state index contributed by atoms with van der Waals surface area (Å²) in [5.74, 6) is 0.734. The first-order valence-electron chi connectivity index (χ1n) is 6.11. The number of nitrogens with one attached hydrogen (secondary N) is 1. The van der Waals surface area contributed by atoms with Crippen LogP contribution >= 0.6 is 0 Å². The number of allylic oxidation sites excluding steroid dienone is 1.